The Hall–Kier alpha value is -2.73. The number of unbranched alkanes of at least 4 members (excludes halogenated alkanes) is 1. The van der Waals surface area contributed by atoms with Gasteiger partial charge in [0.2, 0.25) is 10.0 Å². The van der Waals surface area contributed by atoms with Gasteiger partial charge >= 0.3 is 0 Å². The molecule has 0 aliphatic heterocycles. The molecular formula is C26H36N4O5S2. The molecule has 1 heterocycles. The zero-order chi connectivity index (χ0) is 27.2. The van der Waals surface area contributed by atoms with E-state index in [2.05, 4.69) is 0 Å². The number of methoxy groups -OCH3 is 2. The van der Waals surface area contributed by atoms with Crippen LogP contribution in [0.3, 0.4) is 0 Å². The second-order valence-corrected chi connectivity index (χ2v) is 11.8. The van der Waals surface area contributed by atoms with Crippen molar-refractivity contribution in [1.82, 2.24) is 14.2 Å². The third kappa shape index (κ3) is 6.59. The molecule has 0 spiro atoms. The zero-order valence-electron chi connectivity index (χ0n) is 22.4. The molecule has 0 atom stereocenters. The number of sulfonamides is 1. The predicted molar refractivity (Wildman–Crippen MR) is 149 cm³/mol. The second kappa shape index (κ2) is 12.7. The maximum absolute atomic E-state index is 13.6. The summed E-state index contributed by atoms with van der Waals surface area (Å²) in [5.41, 5.74) is 1.09. The van der Waals surface area contributed by atoms with Crippen LogP contribution in [-0.2, 0) is 10.0 Å². The van der Waals surface area contributed by atoms with Crippen molar-refractivity contribution in [2.45, 2.75) is 31.6 Å². The monoisotopic (exact) mass is 548 g/mol. The van der Waals surface area contributed by atoms with Crippen LogP contribution in [0.2, 0.25) is 0 Å². The molecule has 0 N–H and O–H groups in total. The first-order valence-corrected chi connectivity index (χ1v) is 14.5. The lowest BCUT2D eigenvalue weighted by molar-refractivity contribution is 0.0985. The van der Waals surface area contributed by atoms with Crippen LogP contribution in [0.4, 0.5) is 5.13 Å². The maximum Gasteiger partial charge on any atom is 0.260 e. The fraction of sp³-hybridized carbons (Fsp3) is 0.462. The summed E-state index contributed by atoms with van der Waals surface area (Å²) in [7, 11) is 3.40. The highest BCUT2D eigenvalue weighted by Crippen LogP contribution is 2.37. The fourth-order valence-electron chi connectivity index (χ4n) is 3.80. The normalized spacial score (nSPS) is 11.9. The van der Waals surface area contributed by atoms with Gasteiger partial charge in [0.05, 0.1) is 29.3 Å². The van der Waals surface area contributed by atoms with Crippen LogP contribution in [0, 0.1) is 0 Å². The van der Waals surface area contributed by atoms with Gasteiger partial charge in [-0.1, -0.05) is 31.6 Å². The molecule has 0 aliphatic carbocycles. The van der Waals surface area contributed by atoms with E-state index in [-0.39, 0.29) is 10.8 Å². The summed E-state index contributed by atoms with van der Waals surface area (Å²) in [6, 6.07) is 9.81. The van der Waals surface area contributed by atoms with E-state index in [0.717, 1.165) is 17.5 Å². The van der Waals surface area contributed by atoms with Crippen molar-refractivity contribution in [2.24, 2.45) is 0 Å². The number of ether oxygens (including phenoxy) is 2. The van der Waals surface area contributed by atoms with E-state index in [1.807, 2.05) is 38.9 Å². The Kier molecular flexibility index (Phi) is 9.88. The lowest BCUT2D eigenvalue weighted by Gasteiger charge is -2.23. The van der Waals surface area contributed by atoms with Crippen LogP contribution in [0.15, 0.2) is 41.3 Å². The molecular weight excluding hydrogens is 512 g/mol. The number of fused-ring (bicyclic) bond motifs is 1. The molecule has 11 heteroatoms. The standard InChI is InChI=1S/C26H36N4O5S2/c1-7-9-14-29(8-2)37(32,33)20-12-10-19(11-13-20)25(31)30(16-15-28(3)4)26-27-21-17-22(34-5)23(35-6)18-24(21)36-26/h10-13,17-18H,7-9,14-16H2,1-6H3. The molecule has 0 unspecified atom stereocenters. The number of nitrogens with zero attached hydrogens (tertiary/aromatic N) is 4. The second-order valence-electron chi connectivity index (χ2n) is 8.81. The van der Waals surface area contributed by atoms with E-state index < -0.39 is 10.0 Å². The number of benzene rings is 2. The zero-order valence-corrected chi connectivity index (χ0v) is 24.0. The van der Waals surface area contributed by atoms with E-state index >= 15 is 0 Å². The summed E-state index contributed by atoms with van der Waals surface area (Å²) in [6.45, 7) is 5.78. The quantitative estimate of drug-likeness (QED) is 0.314. The average molecular weight is 549 g/mol. The smallest absolute Gasteiger partial charge is 0.260 e. The van der Waals surface area contributed by atoms with Gasteiger partial charge in [-0.05, 0) is 44.8 Å². The van der Waals surface area contributed by atoms with Gasteiger partial charge in [0.15, 0.2) is 16.6 Å². The van der Waals surface area contributed by atoms with Crippen molar-refractivity contribution in [3.63, 3.8) is 0 Å². The van der Waals surface area contributed by atoms with E-state index in [9.17, 15) is 13.2 Å². The van der Waals surface area contributed by atoms with Crippen molar-refractivity contribution in [3.8, 4) is 11.5 Å². The highest BCUT2D eigenvalue weighted by molar-refractivity contribution is 7.89. The van der Waals surface area contributed by atoms with Crippen LogP contribution in [0.5, 0.6) is 11.5 Å². The molecule has 9 nitrogen and oxygen atoms in total. The highest BCUT2D eigenvalue weighted by Gasteiger charge is 2.25. The van der Waals surface area contributed by atoms with Crippen LogP contribution in [0.25, 0.3) is 10.2 Å². The van der Waals surface area contributed by atoms with Crippen molar-refractivity contribution in [1.29, 1.82) is 0 Å². The SMILES string of the molecule is CCCCN(CC)S(=O)(=O)c1ccc(C(=O)N(CCN(C)C)c2nc3cc(OC)c(OC)cc3s2)cc1. The molecule has 0 bridgehead atoms. The van der Waals surface area contributed by atoms with E-state index in [0.29, 0.717) is 53.9 Å². The molecule has 202 valence electrons. The molecule has 2 aromatic carbocycles. The molecule has 3 rings (SSSR count). The fourth-order valence-corrected chi connectivity index (χ4v) is 6.29. The van der Waals surface area contributed by atoms with E-state index in [4.69, 9.17) is 14.5 Å². The van der Waals surface area contributed by atoms with Crippen LogP contribution < -0.4 is 14.4 Å². The lowest BCUT2D eigenvalue weighted by Crippen LogP contribution is -2.36. The van der Waals surface area contributed by atoms with Crippen molar-refractivity contribution >= 4 is 42.6 Å². The minimum atomic E-state index is -3.62. The minimum absolute atomic E-state index is 0.182. The largest absolute Gasteiger partial charge is 0.493 e. The Morgan fingerprint density at radius 2 is 1.62 bits per heavy atom. The highest BCUT2D eigenvalue weighted by atomic mass is 32.2. The molecule has 0 aliphatic rings. The Morgan fingerprint density at radius 1 is 0.973 bits per heavy atom. The topological polar surface area (TPSA) is 92.3 Å². The number of carbonyl (C=O) groups excluding carboxylic acids is 1. The van der Waals surface area contributed by atoms with Crippen LogP contribution in [-0.4, -0.2) is 83.0 Å². The number of likely N-dealkylation sites (N-methyl/N-ethyl adjacent to an activating group) is 1. The lowest BCUT2D eigenvalue weighted by atomic mass is 10.2. The molecule has 37 heavy (non-hydrogen) atoms. The molecule has 1 aromatic heterocycles. The Bertz CT molecular complexity index is 1270. The van der Waals surface area contributed by atoms with Crippen LogP contribution in [0.1, 0.15) is 37.0 Å². The van der Waals surface area contributed by atoms with Crippen molar-refractivity contribution in [2.75, 3.05) is 59.4 Å². The van der Waals surface area contributed by atoms with E-state index in [1.165, 1.54) is 27.8 Å². The minimum Gasteiger partial charge on any atom is -0.493 e. The first kappa shape index (κ1) is 28.8. The van der Waals surface area contributed by atoms with Gasteiger partial charge in [0.1, 0.15) is 0 Å². The van der Waals surface area contributed by atoms with Crippen molar-refractivity contribution < 1.29 is 22.7 Å². The Morgan fingerprint density at radius 3 is 2.19 bits per heavy atom. The van der Waals surface area contributed by atoms with Crippen molar-refractivity contribution in [3.05, 3.63) is 42.0 Å². The summed E-state index contributed by atoms with van der Waals surface area (Å²) in [4.78, 5) is 22.2. The summed E-state index contributed by atoms with van der Waals surface area (Å²) in [6.07, 6.45) is 1.71. The van der Waals surface area contributed by atoms with Gasteiger partial charge in [0, 0.05) is 43.9 Å². The third-order valence-electron chi connectivity index (χ3n) is 5.98. The predicted octanol–water partition coefficient (Wildman–Crippen LogP) is 4.33. The number of thiazole rings is 1. The van der Waals surface area contributed by atoms with Gasteiger partial charge in [-0.2, -0.15) is 4.31 Å². The first-order chi connectivity index (χ1) is 17.7. The van der Waals surface area contributed by atoms with E-state index in [1.54, 1.807) is 37.3 Å². The van der Waals surface area contributed by atoms with Gasteiger partial charge in [-0.15, -0.1) is 0 Å². The molecule has 3 aromatic rings. The summed E-state index contributed by atoms with van der Waals surface area (Å²) < 4.78 is 39.3. The number of carbonyl (C=O) groups is 1. The molecule has 0 fully saturated rings. The first-order valence-electron chi connectivity index (χ1n) is 12.3. The summed E-state index contributed by atoms with van der Waals surface area (Å²) >= 11 is 1.39. The van der Waals surface area contributed by atoms with Gasteiger partial charge < -0.3 is 14.4 Å². The molecule has 1 amide bonds. The van der Waals surface area contributed by atoms with Crippen LogP contribution >= 0.6 is 11.3 Å². The molecule has 0 saturated heterocycles. The number of rotatable bonds is 13. The average Bonchev–Trinajstić information content (AvgIpc) is 3.30. The summed E-state index contributed by atoms with van der Waals surface area (Å²) in [5, 5.41) is 0.547. The number of amides is 1. The molecule has 0 radical (unpaired) electrons. The third-order valence-corrected chi connectivity index (χ3v) is 9.01. The summed E-state index contributed by atoms with van der Waals surface area (Å²) in [5.74, 6) is 0.908. The van der Waals surface area contributed by atoms with Gasteiger partial charge in [0.25, 0.3) is 5.91 Å². The Labute approximate surface area is 223 Å². The van der Waals surface area contributed by atoms with Gasteiger partial charge in [-0.3, -0.25) is 9.69 Å². The number of anilines is 1. The molecule has 0 saturated carbocycles. The Balaban J connectivity index is 1.94. The number of hydrogen-bond acceptors (Lipinski definition) is 8. The maximum atomic E-state index is 13.6. The number of hydrogen-bond donors (Lipinski definition) is 0. The van der Waals surface area contributed by atoms with Gasteiger partial charge in [-0.25, -0.2) is 13.4 Å². The number of aromatic nitrogens is 1.